The van der Waals surface area contributed by atoms with Gasteiger partial charge >= 0.3 is 0 Å². The molecule has 4 heteroatoms. The predicted molar refractivity (Wildman–Crippen MR) is 75.4 cm³/mol. The number of hydrogen-bond acceptors (Lipinski definition) is 4. The van der Waals surface area contributed by atoms with Crippen LogP contribution in [-0.4, -0.2) is 47.1 Å². The molecule has 4 rings (SSSR count). The molecule has 1 saturated carbocycles. The maximum absolute atomic E-state index is 4.79. The summed E-state index contributed by atoms with van der Waals surface area (Å²) in [5.74, 6) is 2.88. The van der Waals surface area contributed by atoms with Crippen LogP contribution in [-0.2, 0) is 0 Å². The number of aromatic nitrogens is 2. The lowest BCUT2D eigenvalue weighted by Gasteiger charge is -2.44. The van der Waals surface area contributed by atoms with E-state index in [0.717, 1.165) is 30.8 Å². The van der Waals surface area contributed by atoms with Gasteiger partial charge in [-0.1, -0.05) is 6.42 Å². The first-order valence-electron chi connectivity index (χ1n) is 7.72. The van der Waals surface area contributed by atoms with Crippen molar-refractivity contribution >= 4 is 5.82 Å². The van der Waals surface area contributed by atoms with Crippen molar-refractivity contribution in [3.63, 3.8) is 0 Å². The summed E-state index contributed by atoms with van der Waals surface area (Å²) in [6.07, 6.45) is 8.64. The number of piperazine rings is 1. The smallest absolute Gasteiger partial charge is 0.133 e. The van der Waals surface area contributed by atoms with E-state index in [4.69, 9.17) is 4.98 Å². The summed E-state index contributed by atoms with van der Waals surface area (Å²) in [7, 11) is 0. The van der Waals surface area contributed by atoms with E-state index >= 15 is 0 Å². The molecule has 1 aromatic rings. The van der Waals surface area contributed by atoms with E-state index in [2.05, 4.69) is 20.9 Å². The van der Waals surface area contributed by atoms with E-state index in [9.17, 15) is 0 Å². The van der Waals surface area contributed by atoms with Gasteiger partial charge in [-0.25, -0.2) is 9.97 Å². The maximum atomic E-state index is 4.79. The van der Waals surface area contributed by atoms with Gasteiger partial charge in [-0.2, -0.15) is 0 Å². The topological polar surface area (TPSA) is 32.3 Å². The Morgan fingerprint density at radius 1 is 1.05 bits per heavy atom. The van der Waals surface area contributed by atoms with Crippen LogP contribution in [0.4, 0.5) is 5.82 Å². The van der Waals surface area contributed by atoms with Gasteiger partial charge in [-0.15, -0.1) is 0 Å². The van der Waals surface area contributed by atoms with Crippen molar-refractivity contribution in [3.05, 3.63) is 18.1 Å². The Kier molecular flexibility index (Phi) is 2.91. The molecule has 0 spiro atoms. The van der Waals surface area contributed by atoms with Crippen LogP contribution in [0.1, 0.15) is 43.8 Å². The van der Waals surface area contributed by atoms with Crippen molar-refractivity contribution in [1.82, 2.24) is 14.9 Å². The highest BCUT2D eigenvalue weighted by atomic mass is 15.3. The number of fused-ring (bicyclic) bond motifs is 1. The second-order valence-electron chi connectivity index (χ2n) is 6.18. The average molecular weight is 258 g/mol. The normalized spacial score (nSPS) is 28.2. The molecule has 102 valence electrons. The molecule has 0 aromatic carbocycles. The molecule has 0 amide bonds. The molecule has 3 aliphatic rings. The first-order valence-corrected chi connectivity index (χ1v) is 7.72. The van der Waals surface area contributed by atoms with Gasteiger partial charge in [0.15, 0.2) is 0 Å². The third kappa shape index (κ3) is 2.34. The molecule has 0 radical (unpaired) electrons. The molecular weight excluding hydrogens is 236 g/mol. The molecule has 2 saturated heterocycles. The van der Waals surface area contributed by atoms with E-state index < -0.39 is 0 Å². The van der Waals surface area contributed by atoms with Crippen LogP contribution < -0.4 is 4.90 Å². The van der Waals surface area contributed by atoms with Gasteiger partial charge in [0.25, 0.3) is 0 Å². The molecule has 3 heterocycles. The Bertz CT molecular complexity index is 457. The fourth-order valence-corrected chi connectivity index (χ4v) is 3.44. The van der Waals surface area contributed by atoms with Gasteiger partial charge in [-0.05, 0) is 38.3 Å². The zero-order valence-corrected chi connectivity index (χ0v) is 11.5. The van der Waals surface area contributed by atoms with Gasteiger partial charge in [0.05, 0.1) is 0 Å². The molecular formula is C15H22N4. The van der Waals surface area contributed by atoms with Crippen molar-refractivity contribution in [1.29, 1.82) is 0 Å². The third-order valence-electron chi connectivity index (χ3n) is 4.76. The lowest BCUT2D eigenvalue weighted by atomic mass is 9.99. The zero-order valence-electron chi connectivity index (χ0n) is 11.5. The molecule has 3 fully saturated rings. The molecule has 0 bridgehead atoms. The fourth-order valence-electron chi connectivity index (χ4n) is 3.44. The number of rotatable bonds is 2. The van der Waals surface area contributed by atoms with Crippen LogP contribution in [0.5, 0.6) is 0 Å². The second-order valence-corrected chi connectivity index (χ2v) is 6.18. The minimum Gasteiger partial charge on any atom is -0.354 e. The van der Waals surface area contributed by atoms with Crippen molar-refractivity contribution in [3.8, 4) is 0 Å². The monoisotopic (exact) mass is 258 g/mol. The first kappa shape index (κ1) is 11.6. The van der Waals surface area contributed by atoms with E-state index in [1.54, 1.807) is 0 Å². The fraction of sp³-hybridized carbons (Fsp3) is 0.733. The van der Waals surface area contributed by atoms with Crippen molar-refractivity contribution in [2.24, 2.45) is 0 Å². The molecule has 1 unspecified atom stereocenters. The van der Waals surface area contributed by atoms with Crippen LogP contribution in [0.3, 0.4) is 0 Å². The SMILES string of the molecule is c1cc(N2CCN3CCCCC3C2)nc(C2CC2)n1. The summed E-state index contributed by atoms with van der Waals surface area (Å²) in [6, 6.07) is 2.84. The van der Waals surface area contributed by atoms with Gasteiger partial charge in [0, 0.05) is 37.8 Å². The Balaban J connectivity index is 1.51. The first-order chi connectivity index (χ1) is 9.40. The predicted octanol–water partition coefficient (Wildman–Crippen LogP) is 2.03. The summed E-state index contributed by atoms with van der Waals surface area (Å²) in [5, 5.41) is 0. The quantitative estimate of drug-likeness (QED) is 0.812. The third-order valence-corrected chi connectivity index (χ3v) is 4.76. The minimum atomic E-state index is 0.649. The number of hydrogen-bond donors (Lipinski definition) is 0. The molecule has 0 N–H and O–H groups in total. The van der Waals surface area contributed by atoms with Crippen LogP contribution in [0.15, 0.2) is 12.3 Å². The summed E-state index contributed by atoms with van der Waals surface area (Å²) in [6.45, 7) is 4.78. The van der Waals surface area contributed by atoms with E-state index in [1.807, 2.05) is 6.20 Å². The Labute approximate surface area is 114 Å². The van der Waals surface area contributed by atoms with E-state index in [1.165, 1.54) is 45.2 Å². The molecule has 19 heavy (non-hydrogen) atoms. The largest absolute Gasteiger partial charge is 0.354 e. The summed E-state index contributed by atoms with van der Waals surface area (Å²) < 4.78 is 0. The number of nitrogens with zero attached hydrogens (tertiary/aromatic N) is 4. The zero-order chi connectivity index (χ0) is 12.7. The highest BCUT2D eigenvalue weighted by Gasteiger charge is 2.31. The van der Waals surface area contributed by atoms with Gasteiger partial charge < -0.3 is 4.90 Å². The lowest BCUT2D eigenvalue weighted by molar-refractivity contribution is 0.133. The number of piperidine rings is 1. The summed E-state index contributed by atoms with van der Waals surface area (Å²) in [5.41, 5.74) is 0. The molecule has 4 nitrogen and oxygen atoms in total. The van der Waals surface area contributed by atoms with E-state index in [-0.39, 0.29) is 0 Å². The van der Waals surface area contributed by atoms with Gasteiger partial charge in [-0.3, -0.25) is 4.90 Å². The number of anilines is 1. The Morgan fingerprint density at radius 2 is 2.00 bits per heavy atom. The molecule has 2 aliphatic heterocycles. The van der Waals surface area contributed by atoms with Crippen LogP contribution >= 0.6 is 0 Å². The summed E-state index contributed by atoms with van der Waals surface area (Å²) in [4.78, 5) is 14.4. The van der Waals surface area contributed by atoms with Crippen LogP contribution in [0.2, 0.25) is 0 Å². The Hall–Kier alpha value is -1.16. The van der Waals surface area contributed by atoms with Gasteiger partial charge in [0.1, 0.15) is 11.6 Å². The minimum absolute atomic E-state index is 0.649. The van der Waals surface area contributed by atoms with Crippen molar-refractivity contribution in [2.45, 2.75) is 44.1 Å². The second kappa shape index (κ2) is 4.75. The van der Waals surface area contributed by atoms with Crippen molar-refractivity contribution < 1.29 is 0 Å². The van der Waals surface area contributed by atoms with Crippen molar-refractivity contribution in [2.75, 3.05) is 31.1 Å². The molecule has 1 aromatic heterocycles. The van der Waals surface area contributed by atoms with Gasteiger partial charge in [0.2, 0.25) is 0 Å². The molecule has 1 aliphatic carbocycles. The summed E-state index contributed by atoms with van der Waals surface area (Å²) >= 11 is 0. The van der Waals surface area contributed by atoms with E-state index in [0.29, 0.717) is 5.92 Å². The standard InChI is InChI=1S/C15H22N4/c1-2-8-18-9-10-19(11-13(18)3-1)14-6-7-16-15(17-14)12-4-5-12/h6-7,12-13H,1-5,8-11H2. The van der Waals surface area contributed by atoms with Crippen LogP contribution in [0.25, 0.3) is 0 Å². The maximum Gasteiger partial charge on any atom is 0.133 e. The Morgan fingerprint density at radius 3 is 2.89 bits per heavy atom. The lowest BCUT2D eigenvalue weighted by Crippen LogP contribution is -2.55. The highest BCUT2D eigenvalue weighted by Crippen LogP contribution is 2.38. The highest BCUT2D eigenvalue weighted by molar-refractivity contribution is 5.39. The van der Waals surface area contributed by atoms with Crippen LogP contribution in [0, 0.1) is 0 Å². The average Bonchev–Trinajstić information content (AvgIpc) is 3.32. The molecule has 1 atom stereocenters.